The first-order valence-electron chi connectivity index (χ1n) is 15.2. The van der Waals surface area contributed by atoms with Crippen LogP contribution in [-0.2, 0) is 10.8 Å². The Morgan fingerprint density at radius 1 is 0.545 bits per heavy atom. The van der Waals surface area contributed by atoms with Crippen LogP contribution in [0.3, 0.4) is 0 Å². The van der Waals surface area contributed by atoms with Gasteiger partial charge in [-0.25, -0.2) is 4.98 Å². The van der Waals surface area contributed by atoms with E-state index in [4.69, 9.17) is 9.72 Å². The number of hydrogen-bond acceptors (Lipinski definition) is 4. The van der Waals surface area contributed by atoms with Gasteiger partial charge in [0.05, 0.1) is 22.8 Å². The zero-order chi connectivity index (χ0) is 30.1. The number of benzene rings is 4. The molecule has 0 fully saturated rings. The third kappa shape index (κ3) is 3.98. The molecule has 0 N–H and O–H groups in total. The second-order valence-electron chi connectivity index (χ2n) is 12.8. The predicted molar refractivity (Wildman–Crippen MR) is 178 cm³/mol. The second kappa shape index (κ2) is 9.65. The van der Waals surface area contributed by atoms with Crippen molar-refractivity contribution in [2.75, 3.05) is 4.90 Å². The summed E-state index contributed by atoms with van der Waals surface area (Å²) in [7, 11) is 0. The molecule has 4 heterocycles. The molecule has 2 aliphatic heterocycles. The van der Waals surface area contributed by atoms with Crippen molar-refractivity contribution in [1.82, 2.24) is 9.97 Å². The van der Waals surface area contributed by atoms with E-state index in [1.165, 1.54) is 33.6 Å². The molecule has 0 unspecified atom stereocenters. The Hall–Kier alpha value is -5.22. The van der Waals surface area contributed by atoms with E-state index in [1.807, 2.05) is 36.5 Å². The first-order valence-corrected chi connectivity index (χ1v) is 15.2. The van der Waals surface area contributed by atoms with Crippen LogP contribution in [0.5, 0.6) is 11.5 Å². The minimum Gasteiger partial charge on any atom is -0.457 e. The van der Waals surface area contributed by atoms with Crippen LogP contribution >= 0.6 is 0 Å². The molecule has 4 aromatic carbocycles. The highest BCUT2D eigenvalue weighted by Gasteiger charge is 2.38. The summed E-state index contributed by atoms with van der Waals surface area (Å²) in [5, 5.41) is 0. The van der Waals surface area contributed by atoms with Gasteiger partial charge in [-0.3, -0.25) is 4.98 Å². The fraction of sp³-hybridized carbons (Fsp3) is 0.150. The number of aromatic nitrogens is 2. The summed E-state index contributed by atoms with van der Waals surface area (Å²) in [4.78, 5) is 11.6. The quantitative estimate of drug-likeness (QED) is 0.212. The van der Waals surface area contributed by atoms with Crippen molar-refractivity contribution in [3.8, 4) is 34.0 Å². The third-order valence-electron chi connectivity index (χ3n) is 9.41. The van der Waals surface area contributed by atoms with Gasteiger partial charge < -0.3 is 9.64 Å². The lowest BCUT2D eigenvalue weighted by molar-refractivity contribution is 0.418. The van der Waals surface area contributed by atoms with Crippen LogP contribution < -0.4 is 9.64 Å². The van der Waals surface area contributed by atoms with Crippen LogP contribution in [0.25, 0.3) is 22.5 Å². The topological polar surface area (TPSA) is 38.3 Å². The molecule has 2 aromatic heterocycles. The number of pyridine rings is 2. The number of para-hydroxylation sites is 2. The zero-order valence-electron chi connectivity index (χ0n) is 25.4. The van der Waals surface area contributed by atoms with Crippen LogP contribution in [0.2, 0.25) is 0 Å². The molecular weight excluding hydrogens is 538 g/mol. The van der Waals surface area contributed by atoms with E-state index < -0.39 is 0 Å². The van der Waals surface area contributed by atoms with Gasteiger partial charge in [0.25, 0.3) is 0 Å². The molecular formula is C40H33N3O. The Kier molecular flexibility index (Phi) is 5.79. The normalized spacial score (nSPS) is 15.3. The Balaban J connectivity index is 1.22. The molecule has 4 heteroatoms. The molecule has 44 heavy (non-hydrogen) atoms. The minimum atomic E-state index is -0.231. The Morgan fingerprint density at radius 2 is 1.16 bits per heavy atom. The molecule has 0 radical (unpaired) electrons. The molecule has 4 nitrogen and oxygen atoms in total. The van der Waals surface area contributed by atoms with E-state index in [0.29, 0.717) is 0 Å². The maximum atomic E-state index is 6.77. The number of rotatable bonds is 3. The van der Waals surface area contributed by atoms with Gasteiger partial charge in [0, 0.05) is 57.2 Å². The number of nitrogens with zero attached hydrogens (tertiary/aromatic N) is 3. The average molecular weight is 572 g/mol. The molecule has 2 aliphatic rings. The molecule has 0 bridgehead atoms. The molecule has 0 atom stereocenters. The van der Waals surface area contributed by atoms with Crippen molar-refractivity contribution in [1.29, 1.82) is 0 Å². The average Bonchev–Trinajstić information content (AvgIpc) is 3.05. The smallest absolute Gasteiger partial charge is 0.133 e. The maximum Gasteiger partial charge on any atom is 0.133 e. The van der Waals surface area contributed by atoms with Gasteiger partial charge >= 0.3 is 0 Å². The number of ether oxygens (including phenoxy) is 1. The fourth-order valence-corrected chi connectivity index (χ4v) is 7.01. The summed E-state index contributed by atoms with van der Waals surface area (Å²) < 4.78 is 6.77. The highest BCUT2D eigenvalue weighted by Crippen LogP contribution is 2.54. The summed E-state index contributed by atoms with van der Waals surface area (Å²) in [6.45, 7) is 9.19. The monoisotopic (exact) mass is 571 g/mol. The number of anilines is 3. The Labute approximate surface area is 258 Å². The third-order valence-corrected chi connectivity index (χ3v) is 9.41. The van der Waals surface area contributed by atoms with Crippen molar-refractivity contribution in [2.24, 2.45) is 0 Å². The predicted octanol–water partition coefficient (Wildman–Crippen LogP) is 10.4. The van der Waals surface area contributed by atoms with Crippen LogP contribution in [0, 0.1) is 0 Å². The van der Waals surface area contributed by atoms with Crippen molar-refractivity contribution in [3.05, 3.63) is 150 Å². The lowest BCUT2D eigenvalue weighted by atomic mass is 9.73. The highest BCUT2D eigenvalue weighted by molar-refractivity contribution is 5.86. The van der Waals surface area contributed by atoms with Crippen molar-refractivity contribution in [2.45, 2.75) is 38.5 Å². The first kappa shape index (κ1) is 26.4. The van der Waals surface area contributed by atoms with E-state index in [-0.39, 0.29) is 10.8 Å². The van der Waals surface area contributed by atoms with E-state index in [9.17, 15) is 0 Å². The molecule has 214 valence electrons. The lowest BCUT2D eigenvalue weighted by Gasteiger charge is -2.42. The SMILES string of the molecule is CC1(C)c2ccc(-c3cccc(-c4cccnc4)n3)cc2Oc2cc(N3c4ccccc4C(C)(C)c4ccccc43)ccc21. The minimum absolute atomic E-state index is 0.103. The molecule has 0 spiro atoms. The standard InChI is InChI=1S/C40H33N3O/c1-39(2)29-12-5-7-16-35(29)43(36-17-8-6-13-30(36)39)28-19-21-32-38(24-28)44-37-23-26(18-20-31(37)40(32,3)4)33-14-9-15-34(42-33)27-11-10-22-41-25-27/h5-25H,1-4H3. The molecule has 0 aliphatic carbocycles. The van der Waals surface area contributed by atoms with Gasteiger partial charge in [0.15, 0.2) is 0 Å². The van der Waals surface area contributed by atoms with Crippen LogP contribution in [0.15, 0.2) is 128 Å². The van der Waals surface area contributed by atoms with E-state index in [0.717, 1.165) is 39.7 Å². The van der Waals surface area contributed by atoms with E-state index >= 15 is 0 Å². The Bertz CT molecular complexity index is 2010. The summed E-state index contributed by atoms with van der Waals surface area (Å²) in [6, 6.07) is 40.8. The van der Waals surface area contributed by atoms with Gasteiger partial charge in [-0.05, 0) is 59.7 Å². The summed E-state index contributed by atoms with van der Waals surface area (Å²) in [5.41, 5.74) is 11.9. The second-order valence-corrected chi connectivity index (χ2v) is 12.8. The van der Waals surface area contributed by atoms with Crippen molar-refractivity contribution < 1.29 is 4.74 Å². The summed E-state index contributed by atoms with van der Waals surface area (Å²) in [6.07, 6.45) is 3.63. The number of fused-ring (bicyclic) bond motifs is 4. The van der Waals surface area contributed by atoms with Gasteiger partial charge in [0.1, 0.15) is 11.5 Å². The van der Waals surface area contributed by atoms with Gasteiger partial charge in [0.2, 0.25) is 0 Å². The van der Waals surface area contributed by atoms with Gasteiger partial charge in [-0.15, -0.1) is 0 Å². The molecule has 0 saturated carbocycles. The highest BCUT2D eigenvalue weighted by atomic mass is 16.5. The summed E-state index contributed by atoms with van der Waals surface area (Å²) in [5.74, 6) is 1.75. The Morgan fingerprint density at radius 3 is 1.84 bits per heavy atom. The van der Waals surface area contributed by atoms with E-state index in [1.54, 1.807) is 6.20 Å². The van der Waals surface area contributed by atoms with Gasteiger partial charge in [-0.1, -0.05) is 88.4 Å². The molecule has 6 aromatic rings. The number of hydrogen-bond donors (Lipinski definition) is 0. The van der Waals surface area contributed by atoms with Crippen LogP contribution in [0.4, 0.5) is 17.1 Å². The van der Waals surface area contributed by atoms with Crippen LogP contribution in [-0.4, -0.2) is 9.97 Å². The maximum absolute atomic E-state index is 6.77. The largest absolute Gasteiger partial charge is 0.457 e. The van der Waals surface area contributed by atoms with Gasteiger partial charge in [-0.2, -0.15) is 0 Å². The van der Waals surface area contributed by atoms with Crippen molar-refractivity contribution >= 4 is 17.1 Å². The summed E-state index contributed by atoms with van der Waals surface area (Å²) >= 11 is 0. The molecule has 0 amide bonds. The molecule has 0 saturated heterocycles. The fourth-order valence-electron chi connectivity index (χ4n) is 7.01. The van der Waals surface area contributed by atoms with E-state index in [2.05, 4.69) is 123 Å². The lowest BCUT2D eigenvalue weighted by Crippen LogP contribution is -2.30. The van der Waals surface area contributed by atoms with Crippen molar-refractivity contribution in [3.63, 3.8) is 0 Å². The first-order chi connectivity index (χ1) is 21.3. The zero-order valence-corrected chi connectivity index (χ0v) is 25.4. The van der Waals surface area contributed by atoms with Crippen LogP contribution in [0.1, 0.15) is 49.9 Å². The molecule has 8 rings (SSSR count).